The average molecular weight is 387 g/mol. The van der Waals surface area contributed by atoms with E-state index in [1.54, 1.807) is 7.05 Å². The summed E-state index contributed by atoms with van der Waals surface area (Å²) >= 11 is 0. The van der Waals surface area contributed by atoms with Gasteiger partial charge in [-0.3, -0.25) is 9.79 Å². The Labute approximate surface area is 168 Å². The van der Waals surface area contributed by atoms with Crippen LogP contribution in [0.3, 0.4) is 0 Å². The summed E-state index contributed by atoms with van der Waals surface area (Å²) in [5.74, 6) is 2.35. The zero-order valence-corrected chi connectivity index (χ0v) is 17.2. The lowest BCUT2D eigenvalue weighted by Crippen LogP contribution is -2.45. The summed E-state index contributed by atoms with van der Waals surface area (Å²) < 4.78 is 5.56. The van der Waals surface area contributed by atoms with Gasteiger partial charge in [-0.1, -0.05) is 25.0 Å². The third-order valence-corrected chi connectivity index (χ3v) is 5.68. The lowest BCUT2D eigenvalue weighted by Gasteiger charge is -2.21. The molecule has 2 aliphatic rings. The Morgan fingerprint density at radius 1 is 1.29 bits per heavy atom. The van der Waals surface area contributed by atoms with Gasteiger partial charge in [0, 0.05) is 38.6 Å². The van der Waals surface area contributed by atoms with Gasteiger partial charge in [0.2, 0.25) is 5.91 Å². The molecule has 1 saturated carbocycles. The van der Waals surface area contributed by atoms with Crippen molar-refractivity contribution in [2.24, 2.45) is 10.9 Å². The molecule has 0 radical (unpaired) electrons. The molecule has 6 nitrogen and oxygen atoms in total. The molecular formula is C22H34N4O2. The van der Waals surface area contributed by atoms with Crippen LogP contribution in [0.15, 0.2) is 29.3 Å². The van der Waals surface area contributed by atoms with Crippen molar-refractivity contribution in [1.29, 1.82) is 0 Å². The number of rotatable bonds is 7. The Bertz CT molecular complexity index is 670. The predicted molar refractivity (Wildman–Crippen MR) is 113 cm³/mol. The average Bonchev–Trinajstić information content (AvgIpc) is 3.39. The minimum Gasteiger partial charge on any atom is -0.494 e. The molecule has 1 atom stereocenters. The number of aliphatic imine (C=N–C) groups is 1. The zero-order valence-electron chi connectivity index (χ0n) is 17.2. The first-order valence-corrected chi connectivity index (χ1v) is 10.7. The van der Waals surface area contributed by atoms with Crippen LogP contribution in [-0.4, -0.2) is 56.1 Å². The van der Waals surface area contributed by atoms with Gasteiger partial charge in [-0.05, 0) is 50.3 Å². The van der Waals surface area contributed by atoms with E-state index in [0.29, 0.717) is 12.5 Å². The lowest BCUT2D eigenvalue weighted by molar-refractivity contribution is -0.134. The van der Waals surface area contributed by atoms with Crippen molar-refractivity contribution in [1.82, 2.24) is 15.5 Å². The number of hydrogen-bond acceptors (Lipinski definition) is 3. The van der Waals surface area contributed by atoms with Crippen molar-refractivity contribution in [2.45, 2.75) is 51.5 Å². The highest BCUT2D eigenvalue weighted by Crippen LogP contribution is 2.27. The molecule has 1 amide bonds. The molecule has 1 aromatic carbocycles. The smallest absolute Gasteiger partial charge is 0.225 e. The van der Waals surface area contributed by atoms with Crippen molar-refractivity contribution < 1.29 is 9.53 Å². The van der Waals surface area contributed by atoms with Gasteiger partial charge in [0.1, 0.15) is 5.75 Å². The summed E-state index contributed by atoms with van der Waals surface area (Å²) in [5.41, 5.74) is 1.24. The number of nitrogens with zero attached hydrogens (tertiary/aromatic N) is 2. The van der Waals surface area contributed by atoms with E-state index in [4.69, 9.17) is 4.74 Å². The Hall–Kier alpha value is -2.24. The molecule has 0 spiro atoms. The molecular weight excluding hydrogens is 352 g/mol. The molecule has 28 heavy (non-hydrogen) atoms. The number of carbonyl (C=O) groups excluding carboxylic acids is 1. The second-order valence-electron chi connectivity index (χ2n) is 7.72. The van der Waals surface area contributed by atoms with Crippen molar-refractivity contribution in [3.63, 3.8) is 0 Å². The minimum absolute atomic E-state index is 0.267. The first-order valence-electron chi connectivity index (χ1n) is 10.7. The van der Waals surface area contributed by atoms with E-state index >= 15 is 0 Å². The van der Waals surface area contributed by atoms with Crippen molar-refractivity contribution >= 4 is 11.9 Å². The summed E-state index contributed by atoms with van der Waals surface area (Å²) in [6.07, 6.45) is 6.43. The number of carbonyl (C=O) groups is 1. The van der Waals surface area contributed by atoms with E-state index in [0.717, 1.165) is 57.0 Å². The molecule has 1 aliphatic heterocycles. The highest BCUT2D eigenvalue weighted by atomic mass is 16.5. The Kier molecular flexibility index (Phi) is 7.57. The number of likely N-dealkylation sites (tertiary alicyclic amines) is 1. The fourth-order valence-electron chi connectivity index (χ4n) is 4.18. The fraction of sp³-hybridized carbons (Fsp3) is 0.636. The van der Waals surface area contributed by atoms with Crippen LogP contribution in [0, 0.1) is 5.92 Å². The van der Waals surface area contributed by atoms with Crippen LogP contribution >= 0.6 is 0 Å². The van der Waals surface area contributed by atoms with Gasteiger partial charge >= 0.3 is 0 Å². The molecule has 154 valence electrons. The van der Waals surface area contributed by atoms with E-state index in [-0.39, 0.29) is 12.0 Å². The Morgan fingerprint density at radius 3 is 2.86 bits per heavy atom. The van der Waals surface area contributed by atoms with Crippen LogP contribution in [0.5, 0.6) is 5.75 Å². The van der Waals surface area contributed by atoms with Crippen LogP contribution in [0.1, 0.15) is 44.6 Å². The van der Waals surface area contributed by atoms with E-state index < -0.39 is 0 Å². The molecule has 1 aliphatic carbocycles. The summed E-state index contributed by atoms with van der Waals surface area (Å²) in [4.78, 5) is 19.0. The SMILES string of the molecule is CCOc1cccc(CCNC(=NC)NC2CCN(C(=O)C3CCCC3)C2)c1. The van der Waals surface area contributed by atoms with Crippen LogP contribution in [0.4, 0.5) is 0 Å². The topological polar surface area (TPSA) is 66.0 Å². The molecule has 3 rings (SSSR count). The van der Waals surface area contributed by atoms with Gasteiger partial charge in [-0.25, -0.2) is 0 Å². The first-order chi connectivity index (χ1) is 13.7. The molecule has 0 aromatic heterocycles. The number of hydrogen-bond donors (Lipinski definition) is 2. The largest absolute Gasteiger partial charge is 0.494 e. The van der Waals surface area contributed by atoms with Gasteiger partial charge in [0.15, 0.2) is 5.96 Å². The summed E-state index contributed by atoms with van der Waals surface area (Å²) in [5, 5.41) is 6.87. The number of amides is 1. The quantitative estimate of drug-likeness (QED) is 0.558. The second-order valence-corrected chi connectivity index (χ2v) is 7.72. The maximum atomic E-state index is 12.6. The van der Waals surface area contributed by atoms with Gasteiger partial charge in [-0.15, -0.1) is 0 Å². The predicted octanol–water partition coefficient (Wildman–Crippen LogP) is 2.58. The Morgan fingerprint density at radius 2 is 2.11 bits per heavy atom. The number of ether oxygens (including phenoxy) is 1. The monoisotopic (exact) mass is 386 g/mol. The van der Waals surface area contributed by atoms with Gasteiger partial charge in [-0.2, -0.15) is 0 Å². The molecule has 1 unspecified atom stereocenters. The van der Waals surface area contributed by atoms with E-state index in [1.165, 1.54) is 18.4 Å². The normalized spacial score (nSPS) is 20.4. The van der Waals surface area contributed by atoms with Crippen molar-refractivity contribution in [3.8, 4) is 5.75 Å². The van der Waals surface area contributed by atoms with Crippen molar-refractivity contribution in [2.75, 3.05) is 33.3 Å². The Balaban J connectivity index is 1.41. The maximum Gasteiger partial charge on any atom is 0.225 e. The van der Waals surface area contributed by atoms with Crippen LogP contribution in [0.25, 0.3) is 0 Å². The van der Waals surface area contributed by atoms with Gasteiger partial charge < -0.3 is 20.3 Å². The maximum absolute atomic E-state index is 12.6. The summed E-state index contributed by atoms with van der Waals surface area (Å²) in [6.45, 7) is 5.11. The molecule has 6 heteroatoms. The molecule has 2 fully saturated rings. The molecule has 0 bridgehead atoms. The molecule has 1 aromatic rings. The highest BCUT2D eigenvalue weighted by Gasteiger charge is 2.32. The molecule has 1 heterocycles. The van der Waals surface area contributed by atoms with Crippen LogP contribution in [-0.2, 0) is 11.2 Å². The lowest BCUT2D eigenvalue weighted by atomic mass is 10.1. The summed E-state index contributed by atoms with van der Waals surface area (Å²) in [6, 6.07) is 8.49. The van der Waals surface area contributed by atoms with Gasteiger partial charge in [0.05, 0.1) is 6.61 Å². The van der Waals surface area contributed by atoms with E-state index in [1.807, 2.05) is 24.0 Å². The van der Waals surface area contributed by atoms with Crippen LogP contribution < -0.4 is 15.4 Å². The van der Waals surface area contributed by atoms with Crippen LogP contribution in [0.2, 0.25) is 0 Å². The third kappa shape index (κ3) is 5.63. The molecule has 2 N–H and O–H groups in total. The number of nitrogens with one attached hydrogen (secondary N) is 2. The summed E-state index contributed by atoms with van der Waals surface area (Å²) in [7, 11) is 1.79. The second kappa shape index (κ2) is 10.3. The minimum atomic E-state index is 0.267. The van der Waals surface area contributed by atoms with E-state index in [2.05, 4.69) is 27.8 Å². The number of benzene rings is 1. The van der Waals surface area contributed by atoms with Gasteiger partial charge in [0.25, 0.3) is 0 Å². The standard InChI is InChI=1S/C22H34N4O2/c1-3-28-20-10-6-7-17(15-20)11-13-24-22(23-2)25-19-12-14-26(16-19)21(27)18-8-4-5-9-18/h6-7,10,15,18-19H,3-5,8-9,11-14,16H2,1-2H3,(H2,23,24,25). The zero-order chi connectivity index (χ0) is 19.8. The van der Waals surface area contributed by atoms with Crippen molar-refractivity contribution in [3.05, 3.63) is 29.8 Å². The third-order valence-electron chi connectivity index (χ3n) is 5.68. The fourth-order valence-corrected chi connectivity index (χ4v) is 4.18. The van der Waals surface area contributed by atoms with E-state index in [9.17, 15) is 4.79 Å². The first kappa shape index (κ1) is 20.5. The number of guanidine groups is 1. The molecule has 1 saturated heterocycles. The highest BCUT2D eigenvalue weighted by molar-refractivity contribution is 5.81.